The highest BCUT2D eigenvalue weighted by molar-refractivity contribution is 5.98. The van der Waals surface area contributed by atoms with Crippen LogP contribution in [0.1, 0.15) is 17.3 Å². The summed E-state index contributed by atoms with van der Waals surface area (Å²) in [5, 5.41) is 9.18. The third-order valence-electron chi connectivity index (χ3n) is 1.36. The topological polar surface area (TPSA) is 63.6 Å². The first-order chi connectivity index (χ1) is 6.11. The van der Waals surface area contributed by atoms with Gasteiger partial charge >= 0.3 is 11.9 Å². The monoisotopic (exact) mass is 180 g/mol. The van der Waals surface area contributed by atoms with Crippen LogP contribution in [-0.4, -0.2) is 17.0 Å². The van der Waals surface area contributed by atoms with Crippen molar-refractivity contribution in [1.82, 2.24) is 0 Å². The molecule has 1 aromatic rings. The van der Waals surface area contributed by atoms with E-state index in [4.69, 9.17) is 0 Å². The summed E-state index contributed by atoms with van der Waals surface area (Å²) in [5.74, 6) is -1.74. The Balaban J connectivity index is 2.89. The molecule has 1 aromatic carbocycles. The largest absolute Gasteiger partial charge is 0.507 e. The SMILES string of the molecule is CC(=O)OC(=O)c1ccccc1O. The summed E-state index contributed by atoms with van der Waals surface area (Å²) < 4.78 is 4.28. The zero-order valence-corrected chi connectivity index (χ0v) is 6.98. The van der Waals surface area contributed by atoms with E-state index in [1.165, 1.54) is 12.1 Å². The van der Waals surface area contributed by atoms with E-state index in [0.29, 0.717) is 0 Å². The molecule has 0 amide bonds. The maximum absolute atomic E-state index is 11.1. The number of esters is 2. The highest BCUT2D eigenvalue weighted by atomic mass is 16.6. The average molecular weight is 180 g/mol. The molecule has 0 radical (unpaired) electrons. The van der Waals surface area contributed by atoms with Crippen LogP contribution in [0.5, 0.6) is 5.75 Å². The van der Waals surface area contributed by atoms with Crippen LogP contribution in [0.2, 0.25) is 0 Å². The normalized spacial score (nSPS) is 9.31. The number of phenolic OH excluding ortho intramolecular Hbond substituents is 1. The Morgan fingerprint density at radius 1 is 1.31 bits per heavy atom. The smallest absolute Gasteiger partial charge is 0.349 e. The van der Waals surface area contributed by atoms with E-state index in [9.17, 15) is 14.7 Å². The van der Waals surface area contributed by atoms with Crippen molar-refractivity contribution >= 4 is 11.9 Å². The molecule has 0 spiro atoms. The van der Waals surface area contributed by atoms with E-state index < -0.39 is 11.9 Å². The zero-order chi connectivity index (χ0) is 9.84. The molecule has 0 aliphatic heterocycles. The van der Waals surface area contributed by atoms with E-state index in [1.807, 2.05) is 0 Å². The van der Waals surface area contributed by atoms with E-state index in [1.54, 1.807) is 12.1 Å². The minimum absolute atomic E-state index is 0.0160. The van der Waals surface area contributed by atoms with Gasteiger partial charge in [0.2, 0.25) is 0 Å². The molecule has 4 heteroatoms. The fourth-order valence-electron chi connectivity index (χ4n) is 0.832. The van der Waals surface area contributed by atoms with Gasteiger partial charge in [-0.05, 0) is 12.1 Å². The number of ether oxygens (including phenoxy) is 1. The average Bonchev–Trinajstić information content (AvgIpc) is 2.03. The van der Waals surface area contributed by atoms with Gasteiger partial charge in [-0.25, -0.2) is 4.79 Å². The van der Waals surface area contributed by atoms with Gasteiger partial charge in [-0.1, -0.05) is 12.1 Å². The van der Waals surface area contributed by atoms with Gasteiger partial charge in [-0.2, -0.15) is 0 Å². The number of aromatic hydroxyl groups is 1. The third kappa shape index (κ3) is 2.30. The first-order valence-electron chi connectivity index (χ1n) is 3.62. The molecule has 0 saturated heterocycles. The highest BCUT2D eigenvalue weighted by Gasteiger charge is 2.12. The standard InChI is InChI=1S/C9H8O4/c1-6(10)13-9(12)7-4-2-3-5-8(7)11/h2-5,11H,1H3. The van der Waals surface area contributed by atoms with Crippen molar-refractivity contribution in [3.8, 4) is 5.75 Å². The molecule has 0 saturated carbocycles. The number of hydrogen-bond donors (Lipinski definition) is 1. The van der Waals surface area contributed by atoms with E-state index in [2.05, 4.69) is 4.74 Å². The quantitative estimate of drug-likeness (QED) is 0.519. The third-order valence-corrected chi connectivity index (χ3v) is 1.36. The van der Waals surface area contributed by atoms with Gasteiger partial charge in [0, 0.05) is 6.92 Å². The fourth-order valence-corrected chi connectivity index (χ4v) is 0.832. The maximum atomic E-state index is 11.1. The summed E-state index contributed by atoms with van der Waals surface area (Å²) in [6.07, 6.45) is 0. The molecule has 1 rings (SSSR count). The molecule has 4 nitrogen and oxygen atoms in total. The number of hydrogen-bond acceptors (Lipinski definition) is 4. The van der Waals surface area contributed by atoms with Gasteiger partial charge in [0.05, 0.1) is 0 Å². The number of benzene rings is 1. The van der Waals surface area contributed by atoms with Crippen molar-refractivity contribution in [2.45, 2.75) is 6.92 Å². The molecule has 0 bridgehead atoms. The van der Waals surface area contributed by atoms with Gasteiger partial charge < -0.3 is 9.84 Å². The number of phenols is 1. The Morgan fingerprint density at radius 2 is 1.92 bits per heavy atom. The van der Waals surface area contributed by atoms with Crippen LogP contribution in [0, 0.1) is 0 Å². The lowest BCUT2D eigenvalue weighted by Crippen LogP contribution is -2.09. The lowest BCUT2D eigenvalue weighted by molar-refractivity contribution is -0.135. The predicted octanol–water partition coefficient (Wildman–Crippen LogP) is 1.10. The molecular weight excluding hydrogens is 172 g/mol. The molecule has 0 aliphatic rings. The molecular formula is C9H8O4. The van der Waals surface area contributed by atoms with E-state index in [-0.39, 0.29) is 11.3 Å². The minimum Gasteiger partial charge on any atom is -0.507 e. The van der Waals surface area contributed by atoms with E-state index >= 15 is 0 Å². The summed E-state index contributed by atoms with van der Waals surface area (Å²) in [4.78, 5) is 21.5. The van der Waals surface area contributed by atoms with Crippen molar-refractivity contribution < 1.29 is 19.4 Å². The van der Waals surface area contributed by atoms with Gasteiger partial charge in [-0.3, -0.25) is 4.79 Å². The Hall–Kier alpha value is -1.84. The van der Waals surface area contributed by atoms with Crippen molar-refractivity contribution in [3.63, 3.8) is 0 Å². The van der Waals surface area contributed by atoms with Crippen LogP contribution in [0.3, 0.4) is 0 Å². The molecule has 0 heterocycles. The molecule has 1 N–H and O–H groups in total. The first-order valence-corrected chi connectivity index (χ1v) is 3.62. The van der Waals surface area contributed by atoms with E-state index in [0.717, 1.165) is 6.92 Å². The van der Waals surface area contributed by atoms with Crippen LogP contribution >= 0.6 is 0 Å². The Bertz CT molecular complexity index is 343. The van der Waals surface area contributed by atoms with Crippen LogP contribution in [0.25, 0.3) is 0 Å². The molecule has 0 aromatic heterocycles. The van der Waals surface area contributed by atoms with Crippen molar-refractivity contribution in [3.05, 3.63) is 29.8 Å². The summed E-state index contributed by atoms with van der Waals surface area (Å²) in [6, 6.07) is 5.85. The molecule has 0 aliphatic carbocycles. The molecule has 0 unspecified atom stereocenters. The lowest BCUT2D eigenvalue weighted by atomic mass is 10.2. The molecule has 68 valence electrons. The maximum Gasteiger partial charge on any atom is 0.349 e. The first kappa shape index (κ1) is 9.25. The number of carbonyl (C=O) groups is 2. The fraction of sp³-hybridized carbons (Fsp3) is 0.111. The predicted molar refractivity (Wildman–Crippen MR) is 44.2 cm³/mol. The van der Waals surface area contributed by atoms with Crippen LogP contribution in [0.15, 0.2) is 24.3 Å². The number of rotatable bonds is 1. The van der Waals surface area contributed by atoms with Crippen molar-refractivity contribution in [1.29, 1.82) is 0 Å². The molecule has 0 atom stereocenters. The van der Waals surface area contributed by atoms with Crippen molar-refractivity contribution in [2.75, 3.05) is 0 Å². The number of para-hydroxylation sites is 1. The van der Waals surface area contributed by atoms with Crippen LogP contribution in [0.4, 0.5) is 0 Å². The second-order valence-corrected chi connectivity index (χ2v) is 2.40. The molecule has 0 fully saturated rings. The van der Waals surface area contributed by atoms with Crippen LogP contribution < -0.4 is 0 Å². The minimum atomic E-state index is -0.842. The Kier molecular flexibility index (Phi) is 2.64. The molecule has 13 heavy (non-hydrogen) atoms. The summed E-state index contributed by atoms with van der Waals surface area (Å²) in [6.45, 7) is 1.12. The van der Waals surface area contributed by atoms with Gasteiger partial charge in [0.1, 0.15) is 11.3 Å². The van der Waals surface area contributed by atoms with Gasteiger partial charge in [0.15, 0.2) is 0 Å². The summed E-state index contributed by atoms with van der Waals surface area (Å²) >= 11 is 0. The van der Waals surface area contributed by atoms with Crippen LogP contribution in [-0.2, 0) is 9.53 Å². The van der Waals surface area contributed by atoms with Gasteiger partial charge in [-0.15, -0.1) is 0 Å². The van der Waals surface area contributed by atoms with Crippen molar-refractivity contribution in [2.24, 2.45) is 0 Å². The zero-order valence-electron chi connectivity index (χ0n) is 6.98. The Labute approximate surface area is 74.8 Å². The van der Waals surface area contributed by atoms with Gasteiger partial charge in [0.25, 0.3) is 0 Å². The summed E-state index contributed by atoms with van der Waals surface area (Å²) in [7, 11) is 0. The second-order valence-electron chi connectivity index (χ2n) is 2.40. The summed E-state index contributed by atoms with van der Waals surface area (Å²) in [5.41, 5.74) is -0.0160. The Morgan fingerprint density at radius 3 is 2.46 bits per heavy atom. The second kappa shape index (κ2) is 3.71. The lowest BCUT2D eigenvalue weighted by Gasteiger charge is -2.01. The highest BCUT2D eigenvalue weighted by Crippen LogP contribution is 2.16. The number of carbonyl (C=O) groups excluding carboxylic acids is 2.